The Morgan fingerprint density at radius 2 is 2.00 bits per heavy atom. The quantitative estimate of drug-likeness (QED) is 0.787. The molecule has 0 saturated heterocycles. The summed E-state index contributed by atoms with van der Waals surface area (Å²) in [5.74, 6) is -0.821. The molecule has 0 fully saturated rings. The smallest absolute Gasteiger partial charge is 0.304 e. The van der Waals surface area contributed by atoms with Crippen LogP contribution in [0, 0.1) is 0 Å². The Hall–Kier alpha value is -1.69. The van der Waals surface area contributed by atoms with Gasteiger partial charge in [-0.25, -0.2) is 0 Å². The maximum Gasteiger partial charge on any atom is 0.304 e. The number of benzene rings is 1. The molecule has 0 spiro atoms. The Balaban J connectivity index is 1.99. The van der Waals surface area contributed by atoms with Gasteiger partial charge in [-0.1, -0.05) is 30.3 Å². The predicted octanol–water partition coefficient (Wildman–Crippen LogP) is 2.76. The Morgan fingerprint density at radius 3 is 2.62 bits per heavy atom. The number of hydrogen-bond acceptors (Lipinski definition) is 4. The van der Waals surface area contributed by atoms with Gasteiger partial charge in [-0.2, -0.15) is 11.3 Å². The largest absolute Gasteiger partial charge is 0.481 e. The third-order valence-electron chi connectivity index (χ3n) is 3.25. The number of aliphatic hydroxyl groups is 1. The average molecular weight is 305 g/mol. The first-order valence-electron chi connectivity index (χ1n) is 6.83. The van der Waals surface area contributed by atoms with Crippen molar-refractivity contribution in [3.05, 3.63) is 58.3 Å². The highest BCUT2D eigenvalue weighted by atomic mass is 32.1. The van der Waals surface area contributed by atoms with Crippen LogP contribution in [0.1, 0.15) is 23.7 Å². The maximum atomic E-state index is 10.8. The van der Waals surface area contributed by atoms with E-state index in [0.717, 1.165) is 11.1 Å². The zero-order valence-corrected chi connectivity index (χ0v) is 12.5. The summed E-state index contributed by atoms with van der Waals surface area (Å²) in [6.45, 7) is 1.49. The second-order valence-electron chi connectivity index (χ2n) is 4.94. The van der Waals surface area contributed by atoms with E-state index in [-0.39, 0.29) is 6.42 Å². The van der Waals surface area contributed by atoms with Crippen LogP contribution in [0.15, 0.2) is 47.2 Å². The van der Waals surface area contributed by atoms with E-state index >= 15 is 0 Å². The second-order valence-corrected chi connectivity index (χ2v) is 5.72. The van der Waals surface area contributed by atoms with Crippen LogP contribution in [0.2, 0.25) is 0 Å². The summed E-state index contributed by atoms with van der Waals surface area (Å²) in [6.07, 6.45) is -0.517. The van der Waals surface area contributed by atoms with Gasteiger partial charge in [-0.3, -0.25) is 9.69 Å². The molecule has 1 aromatic carbocycles. The summed E-state index contributed by atoms with van der Waals surface area (Å²) in [5, 5.41) is 22.9. The van der Waals surface area contributed by atoms with Crippen molar-refractivity contribution in [3.8, 4) is 0 Å². The Labute approximate surface area is 128 Å². The van der Waals surface area contributed by atoms with E-state index in [9.17, 15) is 9.90 Å². The highest BCUT2D eigenvalue weighted by Crippen LogP contribution is 2.18. The summed E-state index contributed by atoms with van der Waals surface area (Å²) in [6, 6.07) is 11.8. The van der Waals surface area contributed by atoms with Crippen LogP contribution in [0.4, 0.5) is 0 Å². The molecule has 0 amide bonds. The first-order chi connectivity index (χ1) is 10.1. The van der Waals surface area contributed by atoms with Crippen LogP contribution in [-0.2, 0) is 11.3 Å². The van der Waals surface area contributed by atoms with Gasteiger partial charge in [0.2, 0.25) is 0 Å². The molecule has 0 radical (unpaired) electrons. The van der Waals surface area contributed by atoms with Crippen LogP contribution in [0.5, 0.6) is 0 Å². The molecule has 0 bridgehead atoms. The van der Waals surface area contributed by atoms with Gasteiger partial charge in [0.05, 0.1) is 12.5 Å². The van der Waals surface area contributed by atoms with Gasteiger partial charge in [0.15, 0.2) is 0 Å². The molecule has 0 aliphatic carbocycles. The third kappa shape index (κ3) is 5.30. The number of aliphatic carboxylic acids is 1. The molecule has 2 N–H and O–H groups in total. The van der Waals surface area contributed by atoms with Crippen molar-refractivity contribution >= 4 is 17.3 Å². The minimum absolute atomic E-state index is 0.0726. The third-order valence-corrected chi connectivity index (χ3v) is 3.95. The van der Waals surface area contributed by atoms with E-state index in [1.807, 2.05) is 52.1 Å². The van der Waals surface area contributed by atoms with Gasteiger partial charge >= 0.3 is 5.97 Å². The Bertz CT molecular complexity index is 542. The lowest BCUT2D eigenvalue weighted by Crippen LogP contribution is -2.30. The van der Waals surface area contributed by atoms with Crippen LogP contribution >= 0.6 is 11.3 Å². The summed E-state index contributed by atoms with van der Waals surface area (Å²) in [5.41, 5.74) is 1.99. The molecule has 1 heterocycles. The molecule has 0 aliphatic heterocycles. The van der Waals surface area contributed by atoms with Crippen molar-refractivity contribution in [1.82, 2.24) is 4.90 Å². The highest BCUT2D eigenvalue weighted by Gasteiger charge is 2.15. The molecular weight excluding hydrogens is 286 g/mol. The van der Waals surface area contributed by atoms with Gasteiger partial charge in [0, 0.05) is 19.6 Å². The molecule has 1 atom stereocenters. The molecule has 1 unspecified atom stereocenters. The fourth-order valence-electron chi connectivity index (χ4n) is 2.14. The van der Waals surface area contributed by atoms with Gasteiger partial charge in [-0.15, -0.1) is 0 Å². The van der Waals surface area contributed by atoms with E-state index < -0.39 is 12.1 Å². The zero-order chi connectivity index (χ0) is 15.1. The van der Waals surface area contributed by atoms with Gasteiger partial charge in [0.25, 0.3) is 0 Å². The van der Waals surface area contributed by atoms with E-state index in [0.29, 0.717) is 19.6 Å². The number of nitrogens with zero attached hydrogens (tertiary/aromatic N) is 1. The predicted molar refractivity (Wildman–Crippen MR) is 83.3 cm³/mol. The molecule has 4 nitrogen and oxygen atoms in total. The summed E-state index contributed by atoms with van der Waals surface area (Å²) >= 11 is 1.54. The topological polar surface area (TPSA) is 60.8 Å². The second kappa shape index (κ2) is 7.93. The van der Waals surface area contributed by atoms with E-state index in [1.54, 1.807) is 11.3 Å². The number of hydrogen-bond donors (Lipinski definition) is 2. The molecular formula is C16H19NO3S. The summed E-state index contributed by atoms with van der Waals surface area (Å²) < 4.78 is 0. The normalized spacial score (nSPS) is 12.5. The molecule has 0 aliphatic rings. The zero-order valence-electron chi connectivity index (χ0n) is 11.7. The molecule has 5 heteroatoms. The number of carboxylic acid groups (broad SMARTS) is 1. The molecule has 112 valence electrons. The van der Waals surface area contributed by atoms with Crippen molar-refractivity contribution in [2.24, 2.45) is 0 Å². The van der Waals surface area contributed by atoms with Crippen LogP contribution in [0.25, 0.3) is 0 Å². The van der Waals surface area contributed by atoms with Crippen molar-refractivity contribution in [3.63, 3.8) is 0 Å². The fourth-order valence-corrected chi connectivity index (χ4v) is 2.85. The lowest BCUT2D eigenvalue weighted by molar-refractivity contribution is -0.137. The minimum atomic E-state index is -0.821. The summed E-state index contributed by atoms with van der Waals surface area (Å²) in [4.78, 5) is 12.8. The maximum absolute atomic E-state index is 10.8. The fraction of sp³-hybridized carbons (Fsp3) is 0.312. The van der Waals surface area contributed by atoms with E-state index in [2.05, 4.69) is 0 Å². The molecule has 1 aromatic heterocycles. The Morgan fingerprint density at radius 1 is 1.24 bits per heavy atom. The number of rotatable bonds is 8. The SMILES string of the molecule is O=C(O)CCN(Cc1ccccc1)CC(O)c1ccsc1. The number of carboxylic acids is 1. The first-order valence-corrected chi connectivity index (χ1v) is 7.77. The summed E-state index contributed by atoms with van der Waals surface area (Å²) in [7, 11) is 0. The monoisotopic (exact) mass is 305 g/mol. The molecule has 21 heavy (non-hydrogen) atoms. The van der Waals surface area contributed by atoms with Crippen molar-refractivity contribution in [1.29, 1.82) is 0 Å². The lowest BCUT2D eigenvalue weighted by Gasteiger charge is -2.24. The lowest BCUT2D eigenvalue weighted by atomic mass is 10.1. The number of aliphatic hydroxyl groups excluding tert-OH is 1. The first kappa shape index (κ1) is 15.7. The van der Waals surface area contributed by atoms with Crippen LogP contribution < -0.4 is 0 Å². The van der Waals surface area contributed by atoms with E-state index in [4.69, 9.17) is 5.11 Å². The van der Waals surface area contributed by atoms with Gasteiger partial charge < -0.3 is 10.2 Å². The number of thiophene rings is 1. The standard InChI is InChI=1S/C16H19NO3S/c18-15(14-7-9-21-12-14)11-17(8-6-16(19)20)10-13-4-2-1-3-5-13/h1-5,7,9,12,15,18H,6,8,10-11H2,(H,19,20). The molecule has 2 rings (SSSR count). The minimum Gasteiger partial charge on any atom is -0.481 e. The van der Waals surface area contributed by atoms with Gasteiger partial charge in [0.1, 0.15) is 0 Å². The number of carbonyl (C=O) groups is 1. The van der Waals surface area contributed by atoms with Crippen molar-refractivity contribution < 1.29 is 15.0 Å². The van der Waals surface area contributed by atoms with Crippen molar-refractivity contribution in [2.75, 3.05) is 13.1 Å². The van der Waals surface area contributed by atoms with Gasteiger partial charge in [-0.05, 0) is 28.0 Å². The average Bonchev–Trinajstić information content (AvgIpc) is 3.00. The van der Waals surface area contributed by atoms with E-state index in [1.165, 1.54) is 0 Å². The van der Waals surface area contributed by atoms with Crippen LogP contribution in [0.3, 0.4) is 0 Å². The molecule has 0 saturated carbocycles. The Kier molecular flexibility index (Phi) is 5.92. The van der Waals surface area contributed by atoms with Crippen LogP contribution in [-0.4, -0.2) is 34.2 Å². The molecule has 2 aromatic rings. The van der Waals surface area contributed by atoms with Crippen molar-refractivity contribution in [2.45, 2.75) is 19.1 Å². The highest BCUT2D eigenvalue weighted by molar-refractivity contribution is 7.07.